The Hall–Kier alpha value is -2.58. The number of halogens is 1. The Morgan fingerprint density at radius 2 is 1.92 bits per heavy atom. The van der Waals surface area contributed by atoms with Gasteiger partial charge in [0, 0.05) is 25.3 Å². The summed E-state index contributed by atoms with van der Waals surface area (Å²) in [5, 5.41) is 10.1. The minimum absolute atomic E-state index is 0.414. The smallest absolute Gasteiger partial charge is 0.146 e. The van der Waals surface area contributed by atoms with Crippen LogP contribution in [-0.4, -0.2) is 27.6 Å². The lowest BCUT2D eigenvalue weighted by Gasteiger charge is -2.34. The standard InChI is InChI=1S/C20H20ClN5/c1-13-16(11-22)20(23-12-17(13)21)25-9-7-15(8-10-25)26-14(2)24-18-5-3-4-6-19(18)26/h3-6,12,15H,7-10H2,1-2H3. The first-order valence-corrected chi connectivity index (χ1v) is 9.21. The maximum absolute atomic E-state index is 9.52. The quantitative estimate of drug-likeness (QED) is 0.674. The third-order valence-corrected chi connectivity index (χ3v) is 5.65. The van der Waals surface area contributed by atoms with E-state index in [1.807, 2.05) is 13.0 Å². The van der Waals surface area contributed by atoms with Gasteiger partial charge in [0.1, 0.15) is 17.7 Å². The van der Waals surface area contributed by atoms with Crippen LogP contribution in [-0.2, 0) is 0 Å². The first-order chi connectivity index (χ1) is 12.6. The van der Waals surface area contributed by atoms with E-state index in [2.05, 4.69) is 45.6 Å². The molecule has 0 aliphatic carbocycles. The summed E-state index contributed by atoms with van der Waals surface area (Å²) in [4.78, 5) is 11.3. The molecule has 2 aromatic heterocycles. The fourth-order valence-electron chi connectivity index (χ4n) is 3.90. The highest BCUT2D eigenvalue weighted by Crippen LogP contribution is 2.32. The summed E-state index contributed by atoms with van der Waals surface area (Å²) < 4.78 is 2.36. The summed E-state index contributed by atoms with van der Waals surface area (Å²) in [6.07, 6.45) is 3.64. The van der Waals surface area contributed by atoms with Gasteiger partial charge in [-0.05, 0) is 44.4 Å². The van der Waals surface area contributed by atoms with Crippen LogP contribution in [0.1, 0.15) is 35.8 Å². The van der Waals surface area contributed by atoms with E-state index < -0.39 is 0 Å². The number of imidazole rings is 1. The lowest BCUT2D eigenvalue weighted by Crippen LogP contribution is -2.36. The van der Waals surface area contributed by atoms with Gasteiger partial charge in [-0.1, -0.05) is 23.7 Å². The zero-order valence-electron chi connectivity index (χ0n) is 14.9. The van der Waals surface area contributed by atoms with Crippen LogP contribution in [0.25, 0.3) is 11.0 Å². The van der Waals surface area contributed by atoms with Gasteiger partial charge < -0.3 is 9.47 Å². The Kier molecular flexibility index (Phi) is 4.29. The summed E-state index contributed by atoms with van der Waals surface area (Å²) in [7, 11) is 0. The van der Waals surface area contributed by atoms with Crippen molar-refractivity contribution in [3.05, 3.63) is 52.4 Å². The summed E-state index contributed by atoms with van der Waals surface area (Å²) in [5.74, 6) is 1.81. The predicted octanol–water partition coefficient (Wildman–Crippen LogP) is 4.41. The van der Waals surface area contributed by atoms with Crippen LogP contribution in [0, 0.1) is 25.2 Å². The van der Waals surface area contributed by atoms with Crippen molar-refractivity contribution in [2.24, 2.45) is 0 Å². The van der Waals surface area contributed by atoms with Crippen molar-refractivity contribution in [2.45, 2.75) is 32.7 Å². The second-order valence-corrected chi connectivity index (χ2v) is 7.18. The number of pyridine rings is 1. The van der Waals surface area contributed by atoms with Crippen molar-refractivity contribution in [1.29, 1.82) is 5.26 Å². The van der Waals surface area contributed by atoms with Gasteiger partial charge in [0.2, 0.25) is 0 Å². The van der Waals surface area contributed by atoms with Crippen LogP contribution >= 0.6 is 11.6 Å². The second kappa shape index (κ2) is 6.62. The predicted molar refractivity (Wildman–Crippen MR) is 104 cm³/mol. The van der Waals surface area contributed by atoms with Crippen molar-refractivity contribution < 1.29 is 0 Å². The lowest BCUT2D eigenvalue weighted by atomic mass is 10.0. The Bertz CT molecular complexity index is 1010. The number of fused-ring (bicyclic) bond motifs is 1. The van der Waals surface area contributed by atoms with E-state index in [0.717, 1.165) is 48.7 Å². The van der Waals surface area contributed by atoms with Crippen LogP contribution < -0.4 is 4.90 Å². The SMILES string of the molecule is Cc1c(Cl)cnc(N2CCC(n3c(C)nc4ccccc43)CC2)c1C#N. The van der Waals surface area contributed by atoms with Gasteiger partial charge in [0.15, 0.2) is 0 Å². The van der Waals surface area contributed by atoms with Crippen molar-refractivity contribution in [1.82, 2.24) is 14.5 Å². The monoisotopic (exact) mass is 365 g/mol. The summed E-state index contributed by atoms with van der Waals surface area (Å²) >= 11 is 6.12. The third kappa shape index (κ3) is 2.71. The number of anilines is 1. The molecule has 3 aromatic rings. The number of nitrogens with zero attached hydrogens (tertiary/aromatic N) is 5. The van der Waals surface area contributed by atoms with E-state index in [1.165, 1.54) is 5.52 Å². The number of hydrogen-bond donors (Lipinski definition) is 0. The van der Waals surface area contributed by atoms with Crippen molar-refractivity contribution >= 4 is 28.5 Å². The number of benzene rings is 1. The Morgan fingerprint density at radius 1 is 1.19 bits per heavy atom. The number of rotatable bonds is 2. The number of piperidine rings is 1. The molecule has 3 heterocycles. The van der Waals surface area contributed by atoms with Crippen molar-refractivity contribution in [3.63, 3.8) is 0 Å². The zero-order chi connectivity index (χ0) is 18.3. The zero-order valence-corrected chi connectivity index (χ0v) is 15.7. The van der Waals surface area contributed by atoms with E-state index in [1.54, 1.807) is 6.20 Å². The molecular formula is C20H20ClN5. The molecule has 1 saturated heterocycles. The molecule has 0 spiro atoms. The Labute approximate surface area is 157 Å². The van der Waals surface area contributed by atoms with Crippen LogP contribution in [0.4, 0.5) is 5.82 Å². The highest BCUT2D eigenvalue weighted by Gasteiger charge is 2.26. The number of para-hydroxylation sites is 2. The molecule has 0 bridgehead atoms. The fourth-order valence-corrected chi connectivity index (χ4v) is 4.04. The topological polar surface area (TPSA) is 57.7 Å². The molecule has 132 valence electrons. The highest BCUT2D eigenvalue weighted by molar-refractivity contribution is 6.31. The second-order valence-electron chi connectivity index (χ2n) is 6.78. The molecule has 0 atom stereocenters. The third-order valence-electron chi connectivity index (χ3n) is 5.27. The largest absolute Gasteiger partial charge is 0.355 e. The molecule has 0 N–H and O–H groups in total. The maximum Gasteiger partial charge on any atom is 0.146 e. The summed E-state index contributed by atoms with van der Waals surface area (Å²) in [5.41, 5.74) is 3.63. The minimum Gasteiger partial charge on any atom is -0.355 e. The molecule has 1 aromatic carbocycles. The van der Waals surface area contributed by atoms with E-state index in [-0.39, 0.29) is 0 Å². The highest BCUT2D eigenvalue weighted by atomic mass is 35.5. The Balaban J connectivity index is 1.59. The molecule has 1 aliphatic rings. The summed E-state index contributed by atoms with van der Waals surface area (Å²) in [6.45, 7) is 5.67. The molecule has 0 amide bonds. The molecule has 5 nitrogen and oxygen atoms in total. The van der Waals surface area contributed by atoms with Gasteiger partial charge in [-0.25, -0.2) is 9.97 Å². The molecule has 26 heavy (non-hydrogen) atoms. The summed E-state index contributed by atoms with van der Waals surface area (Å²) in [6, 6.07) is 11.0. The van der Waals surface area contributed by atoms with Crippen LogP contribution in [0.5, 0.6) is 0 Å². The Morgan fingerprint density at radius 3 is 2.65 bits per heavy atom. The first kappa shape index (κ1) is 16.9. The van der Waals surface area contributed by atoms with Crippen molar-refractivity contribution in [3.8, 4) is 6.07 Å². The van der Waals surface area contributed by atoms with E-state index in [4.69, 9.17) is 16.6 Å². The maximum atomic E-state index is 9.52. The van der Waals surface area contributed by atoms with E-state index in [0.29, 0.717) is 16.6 Å². The number of hydrogen-bond acceptors (Lipinski definition) is 4. The molecule has 1 aliphatic heterocycles. The van der Waals surface area contributed by atoms with Gasteiger partial charge in [-0.15, -0.1) is 0 Å². The molecule has 0 saturated carbocycles. The average molecular weight is 366 g/mol. The fraction of sp³-hybridized carbons (Fsp3) is 0.350. The van der Waals surface area contributed by atoms with Gasteiger partial charge in [-0.2, -0.15) is 5.26 Å². The van der Waals surface area contributed by atoms with Gasteiger partial charge in [0.05, 0.1) is 21.6 Å². The van der Waals surface area contributed by atoms with E-state index >= 15 is 0 Å². The van der Waals surface area contributed by atoms with Gasteiger partial charge in [-0.3, -0.25) is 0 Å². The van der Waals surface area contributed by atoms with E-state index in [9.17, 15) is 5.26 Å². The number of aromatic nitrogens is 3. The van der Waals surface area contributed by atoms with Gasteiger partial charge >= 0.3 is 0 Å². The molecule has 0 unspecified atom stereocenters. The lowest BCUT2D eigenvalue weighted by molar-refractivity contribution is 0.397. The average Bonchev–Trinajstić information content (AvgIpc) is 2.99. The molecular weight excluding hydrogens is 346 g/mol. The first-order valence-electron chi connectivity index (χ1n) is 8.84. The van der Waals surface area contributed by atoms with Gasteiger partial charge in [0.25, 0.3) is 0 Å². The van der Waals surface area contributed by atoms with Crippen LogP contribution in [0.3, 0.4) is 0 Å². The molecule has 1 fully saturated rings. The number of nitriles is 1. The van der Waals surface area contributed by atoms with Crippen LogP contribution in [0.2, 0.25) is 5.02 Å². The molecule has 6 heteroatoms. The normalized spacial score (nSPS) is 15.4. The molecule has 0 radical (unpaired) electrons. The van der Waals surface area contributed by atoms with Crippen LogP contribution in [0.15, 0.2) is 30.5 Å². The number of aryl methyl sites for hydroxylation is 1. The van der Waals surface area contributed by atoms with Crippen molar-refractivity contribution in [2.75, 3.05) is 18.0 Å². The molecule has 4 rings (SSSR count). The minimum atomic E-state index is 0.414.